The van der Waals surface area contributed by atoms with E-state index in [9.17, 15) is 22.4 Å². The SMILES string of the molecule is CCC(=O)NCc1nnc(-c2cc3c(N[C@@H]4CCN(C)C[C@@H]4F)cccc3n2CC(F)(F)F)s1. The summed E-state index contributed by atoms with van der Waals surface area (Å²) in [4.78, 5) is 13.4. The van der Waals surface area contributed by atoms with E-state index in [0.29, 0.717) is 46.0 Å². The standard InChI is InChI=1S/C22H26F4N6OS/c1-3-19(33)27-10-20-29-30-21(34-20)18-9-13-15(28-16-7-8-31(2)11-14(16)23)5-4-6-17(13)32(18)12-22(24,25)26/h4-6,9,14,16,28H,3,7-8,10-12H2,1-2H3,(H,27,33)/t14-,16+/m0/s1. The monoisotopic (exact) mass is 498 g/mol. The first-order chi connectivity index (χ1) is 16.1. The van der Waals surface area contributed by atoms with Crippen LogP contribution < -0.4 is 10.6 Å². The first-order valence-electron chi connectivity index (χ1n) is 11.0. The molecule has 0 radical (unpaired) electrons. The number of hydrogen-bond donors (Lipinski definition) is 2. The average molecular weight is 499 g/mol. The van der Waals surface area contributed by atoms with Crippen LogP contribution in [-0.4, -0.2) is 64.1 Å². The minimum Gasteiger partial charge on any atom is -0.379 e. The number of likely N-dealkylation sites (tertiary alicyclic amines) is 1. The highest BCUT2D eigenvalue weighted by atomic mass is 32.1. The van der Waals surface area contributed by atoms with Gasteiger partial charge in [0.2, 0.25) is 5.91 Å². The molecule has 3 heterocycles. The number of aromatic nitrogens is 3. The quantitative estimate of drug-likeness (QED) is 0.478. The molecule has 1 aliphatic rings. The number of rotatable bonds is 7. The van der Waals surface area contributed by atoms with E-state index in [-0.39, 0.29) is 18.1 Å². The van der Waals surface area contributed by atoms with Crippen molar-refractivity contribution in [2.75, 3.05) is 25.5 Å². The van der Waals surface area contributed by atoms with Gasteiger partial charge in [0, 0.05) is 30.6 Å². The number of hydrogen-bond acceptors (Lipinski definition) is 6. The van der Waals surface area contributed by atoms with Crippen LogP contribution in [-0.2, 0) is 17.9 Å². The van der Waals surface area contributed by atoms with Gasteiger partial charge in [-0.3, -0.25) is 4.79 Å². The van der Waals surface area contributed by atoms with E-state index >= 15 is 0 Å². The summed E-state index contributed by atoms with van der Waals surface area (Å²) >= 11 is 1.12. The van der Waals surface area contributed by atoms with Crippen LogP contribution in [0.3, 0.4) is 0 Å². The number of amides is 1. The topological polar surface area (TPSA) is 75.1 Å². The number of nitrogens with zero attached hydrogens (tertiary/aromatic N) is 4. The Morgan fingerprint density at radius 3 is 2.79 bits per heavy atom. The molecule has 0 spiro atoms. The van der Waals surface area contributed by atoms with Crippen molar-refractivity contribution >= 4 is 33.8 Å². The van der Waals surface area contributed by atoms with Gasteiger partial charge in [-0.25, -0.2) is 4.39 Å². The number of carbonyl (C=O) groups is 1. The van der Waals surface area contributed by atoms with Gasteiger partial charge in [0.05, 0.1) is 23.8 Å². The van der Waals surface area contributed by atoms with Gasteiger partial charge in [0.25, 0.3) is 0 Å². The summed E-state index contributed by atoms with van der Waals surface area (Å²) in [5.74, 6) is -0.154. The van der Waals surface area contributed by atoms with Crippen molar-refractivity contribution in [1.29, 1.82) is 0 Å². The van der Waals surface area contributed by atoms with Gasteiger partial charge in [0.15, 0.2) is 5.01 Å². The lowest BCUT2D eigenvalue weighted by molar-refractivity contribution is -0.139. The van der Waals surface area contributed by atoms with E-state index in [1.807, 2.05) is 11.9 Å². The van der Waals surface area contributed by atoms with Crippen LogP contribution in [0.4, 0.5) is 23.2 Å². The summed E-state index contributed by atoms with van der Waals surface area (Å²) in [6.45, 7) is 1.72. The maximum atomic E-state index is 14.6. The second-order valence-electron chi connectivity index (χ2n) is 8.42. The van der Waals surface area contributed by atoms with Crippen LogP contribution in [0.25, 0.3) is 21.6 Å². The van der Waals surface area contributed by atoms with E-state index in [2.05, 4.69) is 20.8 Å². The summed E-state index contributed by atoms with van der Waals surface area (Å²) in [5, 5.41) is 15.4. The third kappa shape index (κ3) is 5.49. The highest BCUT2D eigenvalue weighted by Gasteiger charge is 2.32. The minimum atomic E-state index is -4.45. The number of fused-ring (bicyclic) bond motifs is 1. The normalized spacial score (nSPS) is 19.5. The summed E-state index contributed by atoms with van der Waals surface area (Å²) in [6, 6.07) is 6.24. The van der Waals surface area contributed by atoms with Gasteiger partial charge in [-0.2, -0.15) is 13.2 Å². The number of piperidine rings is 1. The van der Waals surface area contributed by atoms with Gasteiger partial charge in [-0.1, -0.05) is 24.3 Å². The first-order valence-corrected chi connectivity index (χ1v) is 11.8. The van der Waals surface area contributed by atoms with Crippen LogP contribution in [0.5, 0.6) is 0 Å². The summed E-state index contributed by atoms with van der Waals surface area (Å²) in [7, 11) is 1.86. The predicted molar refractivity (Wildman–Crippen MR) is 123 cm³/mol. The van der Waals surface area contributed by atoms with Gasteiger partial charge in [-0.05, 0) is 31.7 Å². The molecule has 34 heavy (non-hydrogen) atoms. The zero-order valence-corrected chi connectivity index (χ0v) is 19.6. The van der Waals surface area contributed by atoms with E-state index in [1.54, 1.807) is 31.2 Å². The summed E-state index contributed by atoms with van der Waals surface area (Å²) in [5.41, 5.74) is 1.22. The lowest BCUT2D eigenvalue weighted by Gasteiger charge is -2.33. The molecule has 184 valence electrons. The Bertz CT molecular complexity index is 1160. The van der Waals surface area contributed by atoms with E-state index < -0.39 is 24.9 Å². The molecule has 1 saturated heterocycles. The summed E-state index contributed by atoms with van der Waals surface area (Å²) in [6.07, 6.45) is -4.63. The zero-order chi connectivity index (χ0) is 24.5. The van der Waals surface area contributed by atoms with Crippen molar-refractivity contribution in [2.45, 2.75) is 51.2 Å². The van der Waals surface area contributed by atoms with E-state index in [1.165, 1.54) is 0 Å². The maximum absolute atomic E-state index is 14.6. The molecule has 0 saturated carbocycles. The van der Waals surface area contributed by atoms with Crippen molar-refractivity contribution in [3.8, 4) is 10.7 Å². The molecule has 2 N–H and O–H groups in total. The molecule has 12 heteroatoms. The van der Waals surface area contributed by atoms with Crippen LogP contribution in [0.1, 0.15) is 24.8 Å². The van der Waals surface area contributed by atoms with E-state index in [4.69, 9.17) is 0 Å². The fourth-order valence-corrected chi connectivity index (χ4v) is 4.89. The Hall–Kier alpha value is -2.73. The molecule has 0 unspecified atom stereocenters. The van der Waals surface area contributed by atoms with Gasteiger partial charge < -0.3 is 20.1 Å². The average Bonchev–Trinajstić information content (AvgIpc) is 3.38. The molecular weight excluding hydrogens is 472 g/mol. The Morgan fingerprint density at radius 1 is 1.29 bits per heavy atom. The third-order valence-electron chi connectivity index (χ3n) is 5.81. The Kier molecular flexibility index (Phi) is 7.08. The highest BCUT2D eigenvalue weighted by molar-refractivity contribution is 7.14. The fourth-order valence-electron chi connectivity index (χ4n) is 4.08. The number of halogens is 4. The molecule has 1 fully saturated rings. The van der Waals surface area contributed by atoms with Crippen molar-refractivity contribution in [3.05, 3.63) is 29.3 Å². The van der Waals surface area contributed by atoms with Gasteiger partial charge >= 0.3 is 6.18 Å². The lowest BCUT2D eigenvalue weighted by atomic mass is 10.0. The molecule has 0 bridgehead atoms. The van der Waals surface area contributed by atoms with Crippen molar-refractivity contribution in [3.63, 3.8) is 0 Å². The zero-order valence-electron chi connectivity index (χ0n) is 18.8. The summed E-state index contributed by atoms with van der Waals surface area (Å²) < 4.78 is 56.2. The van der Waals surface area contributed by atoms with Crippen molar-refractivity contribution < 1.29 is 22.4 Å². The number of anilines is 1. The van der Waals surface area contributed by atoms with Crippen LogP contribution in [0.2, 0.25) is 0 Å². The lowest BCUT2D eigenvalue weighted by Crippen LogP contribution is -2.46. The molecule has 2 aromatic heterocycles. The Morgan fingerprint density at radius 2 is 2.09 bits per heavy atom. The number of alkyl halides is 4. The fraction of sp³-hybridized carbons (Fsp3) is 0.500. The van der Waals surface area contributed by atoms with Crippen molar-refractivity contribution in [2.24, 2.45) is 0 Å². The molecular formula is C22H26F4N6OS. The van der Waals surface area contributed by atoms with Crippen LogP contribution >= 0.6 is 11.3 Å². The predicted octanol–water partition coefficient (Wildman–Crippen LogP) is 4.20. The highest BCUT2D eigenvalue weighted by Crippen LogP contribution is 2.36. The molecule has 1 amide bonds. The second-order valence-corrected chi connectivity index (χ2v) is 9.48. The second kappa shape index (κ2) is 9.87. The molecule has 2 atom stereocenters. The molecule has 1 aliphatic heterocycles. The smallest absolute Gasteiger partial charge is 0.379 e. The first kappa shape index (κ1) is 24.4. The van der Waals surface area contributed by atoms with Gasteiger partial charge in [-0.15, -0.1) is 10.2 Å². The number of carbonyl (C=O) groups excluding carboxylic acids is 1. The molecule has 7 nitrogen and oxygen atoms in total. The Labute approximate surface area is 198 Å². The maximum Gasteiger partial charge on any atom is 0.406 e. The molecule has 3 aromatic rings. The van der Waals surface area contributed by atoms with Crippen molar-refractivity contribution in [1.82, 2.24) is 25.0 Å². The third-order valence-corrected chi connectivity index (χ3v) is 6.76. The Balaban J connectivity index is 1.70. The number of benzene rings is 1. The van der Waals surface area contributed by atoms with E-state index in [0.717, 1.165) is 22.4 Å². The minimum absolute atomic E-state index is 0.154. The molecule has 1 aromatic carbocycles. The van der Waals surface area contributed by atoms with Crippen LogP contribution in [0, 0.1) is 0 Å². The molecule has 0 aliphatic carbocycles. The molecule has 4 rings (SSSR count). The van der Waals surface area contributed by atoms with Crippen LogP contribution in [0.15, 0.2) is 24.3 Å². The number of nitrogens with one attached hydrogen (secondary N) is 2. The largest absolute Gasteiger partial charge is 0.406 e. The van der Waals surface area contributed by atoms with Gasteiger partial charge in [0.1, 0.15) is 17.7 Å².